The van der Waals surface area contributed by atoms with Crippen molar-refractivity contribution < 1.29 is 4.79 Å². The predicted octanol–water partition coefficient (Wildman–Crippen LogP) is 3.48. The van der Waals surface area contributed by atoms with E-state index in [0.29, 0.717) is 6.54 Å². The topological polar surface area (TPSA) is 89.7 Å². The lowest BCUT2D eigenvalue weighted by molar-refractivity contribution is -0.120. The lowest BCUT2D eigenvalue weighted by atomic mass is 10.1. The molecule has 8 nitrogen and oxygen atoms in total. The van der Waals surface area contributed by atoms with Crippen LogP contribution in [0.15, 0.2) is 49.2 Å². The highest BCUT2D eigenvalue weighted by molar-refractivity contribution is 7.23. The van der Waals surface area contributed by atoms with E-state index in [4.69, 9.17) is 4.98 Å². The first-order valence-electron chi connectivity index (χ1n) is 10.3. The van der Waals surface area contributed by atoms with Gasteiger partial charge < -0.3 is 19.8 Å². The summed E-state index contributed by atoms with van der Waals surface area (Å²) < 4.78 is 4.99. The minimum absolute atomic E-state index is 0.0432. The normalized spacial score (nSPS) is 11.3. The van der Waals surface area contributed by atoms with Gasteiger partial charge in [0.1, 0.15) is 5.52 Å². The Hall–Kier alpha value is -3.72. The van der Waals surface area contributed by atoms with E-state index in [1.807, 2.05) is 54.9 Å². The first-order chi connectivity index (χ1) is 15.5. The van der Waals surface area contributed by atoms with Gasteiger partial charge in [0.25, 0.3) is 0 Å². The zero-order valence-electron chi connectivity index (χ0n) is 18.1. The van der Waals surface area contributed by atoms with Gasteiger partial charge in [0.15, 0.2) is 5.82 Å². The molecule has 4 heterocycles. The molecule has 0 atom stereocenters. The van der Waals surface area contributed by atoms with Crippen molar-refractivity contribution >= 4 is 44.3 Å². The summed E-state index contributed by atoms with van der Waals surface area (Å²) in [5.41, 5.74) is 5.81. The zero-order chi connectivity index (χ0) is 22.2. The highest BCUT2D eigenvalue weighted by Crippen LogP contribution is 2.38. The van der Waals surface area contributed by atoms with Crippen LogP contribution in [0.4, 0.5) is 5.82 Å². The summed E-state index contributed by atoms with van der Waals surface area (Å²) in [6.45, 7) is 0.471. The number of fused-ring (bicyclic) bond motifs is 3. The first kappa shape index (κ1) is 20.2. The number of carbonyl (C=O) groups is 1. The number of rotatable bonds is 6. The van der Waals surface area contributed by atoms with E-state index >= 15 is 0 Å². The van der Waals surface area contributed by atoms with Crippen LogP contribution < -0.4 is 10.6 Å². The molecule has 0 bridgehead atoms. The third-order valence-corrected chi connectivity index (χ3v) is 6.54. The van der Waals surface area contributed by atoms with Crippen molar-refractivity contribution in [1.82, 2.24) is 29.4 Å². The molecule has 0 saturated carbocycles. The third kappa shape index (κ3) is 3.71. The number of amides is 1. The van der Waals surface area contributed by atoms with Gasteiger partial charge in [-0.05, 0) is 23.3 Å². The van der Waals surface area contributed by atoms with Gasteiger partial charge in [0.05, 0.1) is 40.5 Å². The van der Waals surface area contributed by atoms with Crippen LogP contribution in [0.1, 0.15) is 11.3 Å². The Bertz CT molecular complexity index is 1450. The lowest BCUT2D eigenvalue weighted by Gasteiger charge is -2.06. The number of hydrogen-bond acceptors (Lipinski definition) is 6. The lowest BCUT2D eigenvalue weighted by Crippen LogP contribution is -2.24. The third-order valence-electron chi connectivity index (χ3n) is 5.36. The standard InChI is InChI=1S/C23H23N7OS/c1-24-23-20-21(30(3)13-27-20)22-17(28-23)9-18(32-22)15-6-4-5-14(7-15)10-25-19(31)8-16-11-29(2)12-26-16/h4-7,9,11-13H,8,10H2,1-3H3,(H,24,28)(H,25,31). The van der Waals surface area contributed by atoms with Gasteiger partial charge in [-0.25, -0.2) is 15.0 Å². The van der Waals surface area contributed by atoms with Crippen molar-refractivity contribution in [3.05, 3.63) is 60.4 Å². The van der Waals surface area contributed by atoms with Crippen LogP contribution in [0.3, 0.4) is 0 Å². The molecule has 0 saturated heterocycles. The number of anilines is 1. The highest BCUT2D eigenvalue weighted by Gasteiger charge is 2.16. The fraction of sp³-hybridized carbons (Fsp3) is 0.217. The van der Waals surface area contributed by atoms with E-state index < -0.39 is 0 Å². The molecular weight excluding hydrogens is 422 g/mol. The van der Waals surface area contributed by atoms with E-state index in [0.717, 1.165) is 48.8 Å². The molecule has 0 aliphatic rings. The Kier molecular flexibility index (Phi) is 5.10. The van der Waals surface area contributed by atoms with Crippen molar-refractivity contribution in [2.24, 2.45) is 14.1 Å². The number of aromatic nitrogens is 5. The van der Waals surface area contributed by atoms with Crippen molar-refractivity contribution in [1.29, 1.82) is 0 Å². The Morgan fingerprint density at radius 3 is 2.81 bits per heavy atom. The quantitative estimate of drug-likeness (QED) is 0.418. The van der Waals surface area contributed by atoms with Crippen LogP contribution in [0, 0.1) is 0 Å². The van der Waals surface area contributed by atoms with E-state index in [-0.39, 0.29) is 12.3 Å². The monoisotopic (exact) mass is 445 g/mol. The minimum Gasteiger partial charge on any atom is -0.371 e. The summed E-state index contributed by atoms with van der Waals surface area (Å²) in [5, 5.41) is 6.14. The number of pyridine rings is 1. The summed E-state index contributed by atoms with van der Waals surface area (Å²) in [6.07, 6.45) is 5.65. The molecule has 32 heavy (non-hydrogen) atoms. The summed E-state index contributed by atoms with van der Waals surface area (Å²) in [4.78, 5) is 26.9. The first-order valence-corrected chi connectivity index (χ1v) is 11.1. The number of benzene rings is 1. The van der Waals surface area contributed by atoms with Crippen LogP contribution >= 0.6 is 11.3 Å². The number of thiophene rings is 1. The molecule has 0 spiro atoms. The van der Waals surface area contributed by atoms with Gasteiger partial charge in [0, 0.05) is 38.8 Å². The Labute approximate surface area is 188 Å². The van der Waals surface area contributed by atoms with Crippen molar-refractivity contribution in [3.8, 4) is 10.4 Å². The maximum Gasteiger partial charge on any atom is 0.226 e. The molecule has 0 unspecified atom stereocenters. The van der Waals surface area contributed by atoms with Gasteiger partial charge in [-0.2, -0.15) is 0 Å². The zero-order valence-corrected chi connectivity index (χ0v) is 18.9. The van der Waals surface area contributed by atoms with Gasteiger partial charge in [-0.3, -0.25) is 4.79 Å². The average molecular weight is 446 g/mol. The van der Waals surface area contributed by atoms with E-state index in [1.54, 1.807) is 17.7 Å². The fourth-order valence-electron chi connectivity index (χ4n) is 3.82. The molecule has 1 amide bonds. The predicted molar refractivity (Wildman–Crippen MR) is 128 cm³/mol. The Morgan fingerprint density at radius 2 is 2.03 bits per heavy atom. The number of nitrogens with one attached hydrogen (secondary N) is 2. The summed E-state index contributed by atoms with van der Waals surface area (Å²) in [5.74, 6) is 0.736. The van der Waals surface area contributed by atoms with Crippen LogP contribution in [0.2, 0.25) is 0 Å². The second-order valence-electron chi connectivity index (χ2n) is 7.77. The minimum atomic E-state index is -0.0432. The van der Waals surface area contributed by atoms with Crippen molar-refractivity contribution in [3.63, 3.8) is 0 Å². The van der Waals surface area contributed by atoms with Crippen LogP contribution in [-0.4, -0.2) is 37.0 Å². The fourth-order valence-corrected chi connectivity index (χ4v) is 5.00. The molecule has 5 aromatic rings. The Morgan fingerprint density at radius 1 is 1.16 bits per heavy atom. The number of imidazole rings is 2. The number of carbonyl (C=O) groups excluding carboxylic acids is 1. The number of aryl methyl sites for hydroxylation is 2. The second-order valence-corrected chi connectivity index (χ2v) is 8.82. The SMILES string of the molecule is CNc1nc2cc(-c3cccc(CNC(=O)Cc4cn(C)cn4)c3)sc2c2c1ncn2C. The number of hydrogen-bond donors (Lipinski definition) is 2. The van der Waals surface area contributed by atoms with Crippen LogP contribution in [-0.2, 0) is 31.9 Å². The van der Waals surface area contributed by atoms with Crippen LogP contribution in [0.5, 0.6) is 0 Å². The highest BCUT2D eigenvalue weighted by atomic mass is 32.1. The van der Waals surface area contributed by atoms with E-state index in [2.05, 4.69) is 38.8 Å². The van der Waals surface area contributed by atoms with Gasteiger partial charge >= 0.3 is 0 Å². The smallest absolute Gasteiger partial charge is 0.226 e. The molecule has 5 rings (SSSR count). The van der Waals surface area contributed by atoms with Crippen molar-refractivity contribution in [2.75, 3.05) is 12.4 Å². The molecule has 0 fully saturated rings. The average Bonchev–Trinajstić information content (AvgIpc) is 3.50. The molecule has 1 aromatic carbocycles. The molecule has 4 aromatic heterocycles. The van der Waals surface area contributed by atoms with Crippen molar-refractivity contribution in [2.45, 2.75) is 13.0 Å². The molecule has 2 N–H and O–H groups in total. The van der Waals surface area contributed by atoms with E-state index in [1.165, 1.54) is 0 Å². The largest absolute Gasteiger partial charge is 0.371 e. The molecule has 0 aliphatic heterocycles. The Balaban J connectivity index is 1.39. The van der Waals surface area contributed by atoms with Crippen LogP contribution in [0.25, 0.3) is 31.7 Å². The summed E-state index contributed by atoms with van der Waals surface area (Å²) in [6, 6.07) is 10.4. The summed E-state index contributed by atoms with van der Waals surface area (Å²) >= 11 is 1.71. The van der Waals surface area contributed by atoms with Gasteiger partial charge in [0.2, 0.25) is 5.91 Å². The van der Waals surface area contributed by atoms with Gasteiger partial charge in [-0.15, -0.1) is 11.3 Å². The maximum absolute atomic E-state index is 12.3. The summed E-state index contributed by atoms with van der Waals surface area (Å²) in [7, 11) is 5.76. The molecular formula is C23H23N7OS. The molecule has 162 valence electrons. The molecule has 0 radical (unpaired) electrons. The van der Waals surface area contributed by atoms with Gasteiger partial charge in [-0.1, -0.05) is 18.2 Å². The van der Waals surface area contributed by atoms with E-state index in [9.17, 15) is 4.79 Å². The molecule has 0 aliphatic carbocycles. The maximum atomic E-state index is 12.3. The number of nitrogens with zero attached hydrogens (tertiary/aromatic N) is 5. The molecule has 9 heteroatoms. The second kappa shape index (κ2) is 8.08.